The number of ether oxygens (including phenoxy) is 1. The molecule has 0 fully saturated rings. The highest BCUT2D eigenvalue weighted by molar-refractivity contribution is 9.10. The van der Waals surface area contributed by atoms with Crippen molar-refractivity contribution in [3.8, 4) is 0 Å². The van der Waals surface area contributed by atoms with E-state index in [0.717, 1.165) is 23.3 Å². The van der Waals surface area contributed by atoms with Gasteiger partial charge in [-0.05, 0) is 54.8 Å². The van der Waals surface area contributed by atoms with Gasteiger partial charge in [0.1, 0.15) is 18.0 Å². The van der Waals surface area contributed by atoms with Crippen molar-refractivity contribution in [3.63, 3.8) is 0 Å². The third-order valence-electron chi connectivity index (χ3n) is 2.60. The minimum atomic E-state index is -0.438. The second-order valence-corrected chi connectivity index (χ2v) is 6.31. The van der Waals surface area contributed by atoms with Crippen LogP contribution in [0.2, 0.25) is 0 Å². The van der Waals surface area contributed by atoms with Crippen LogP contribution in [0.3, 0.4) is 0 Å². The van der Waals surface area contributed by atoms with Gasteiger partial charge in [-0.3, -0.25) is 4.79 Å². The number of carbonyl (C=O) groups excluding carboxylic acids is 1. The molecule has 4 nitrogen and oxygen atoms in total. The highest BCUT2D eigenvalue weighted by atomic mass is 79.9. The van der Waals surface area contributed by atoms with Crippen LogP contribution in [-0.2, 0) is 16.0 Å². The van der Waals surface area contributed by atoms with Crippen molar-refractivity contribution in [3.05, 3.63) is 22.3 Å². The van der Waals surface area contributed by atoms with Crippen molar-refractivity contribution in [1.29, 1.82) is 0 Å². The molecule has 0 saturated carbocycles. The quantitative estimate of drug-likeness (QED) is 0.787. The Kier molecular flexibility index (Phi) is 3.61. The fraction of sp³-hybridized carbons (Fsp3) is 0.538. The van der Waals surface area contributed by atoms with E-state index in [2.05, 4.69) is 27.0 Å². The van der Waals surface area contributed by atoms with Gasteiger partial charge in [-0.1, -0.05) is 0 Å². The highest BCUT2D eigenvalue weighted by Crippen LogP contribution is 2.27. The number of esters is 1. The van der Waals surface area contributed by atoms with Crippen molar-refractivity contribution >= 4 is 27.7 Å². The molecule has 0 N–H and O–H groups in total. The van der Waals surface area contributed by atoms with E-state index in [-0.39, 0.29) is 12.5 Å². The predicted octanol–water partition coefficient (Wildman–Crippen LogP) is 2.55. The molecule has 1 aliphatic heterocycles. The average Bonchev–Trinajstić information content (AvgIpc) is 2.57. The molecule has 1 aliphatic rings. The first kappa shape index (κ1) is 13.3. The summed E-state index contributed by atoms with van der Waals surface area (Å²) in [6.07, 6.45) is 2.68. The second-order valence-electron chi connectivity index (χ2n) is 5.39. The van der Waals surface area contributed by atoms with Gasteiger partial charge >= 0.3 is 5.97 Å². The lowest BCUT2D eigenvalue weighted by Gasteiger charge is -2.23. The van der Waals surface area contributed by atoms with Crippen molar-refractivity contribution < 1.29 is 9.53 Å². The summed E-state index contributed by atoms with van der Waals surface area (Å²) >= 11 is 3.40. The summed E-state index contributed by atoms with van der Waals surface area (Å²) in [5.41, 5.74) is 0.736. The van der Waals surface area contributed by atoms with Gasteiger partial charge in [0, 0.05) is 17.2 Å². The second kappa shape index (κ2) is 4.88. The van der Waals surface area contributed by atoms with E-state index in [0.29, 0.717) is 0 Å². The Labute approximate surface area is 115 Å². The van der Waals surface area contributed by atoms with Crippen LogP contribution in [0.15, 0.2) is 16.7 Å². The van der Waals surface area contributed by atoms with Gasteiger partial charge in [-0.2, -0.15) is 0 Å². The molecule has 0 radical (unpaired) electrons. The topological polar surface area (TPSA) is 42.4 Å². The molecule has 1 aromatic rings. The van der Waals surface area contributed by atoms with Crippen molar-refractivity contribution in [2.24, 2.45) is 0 Å². The van der Waals surface area contributed by atoms with Gasteiger partial charge in [-0.15, -0.1) is 0 Å². The van der Waals surface area contributed by atoms with E-state index < -0.39 is 5.60 Å². The molecule has 0 bridgehead atoms. The molecule has 0 aliphatic carbocycles. The predicted molar refractivity (Wildman–Crippen MR) is 73.7 cm³/mol. The summed E-state index contributed by atoms with van der Waals surface area (Å²) < 4.78 is 6.29. The lowest BCUT2D eigenvalue weighted by Crippen LogP contribution is -2.34. The summed E-state index contributed by atoms with van der Waals surface area (Å²) in [5.74, 6) is 0.684. The zero-order valence-electron chi connectivity index (χ0n) is 10.9. The van der Waals surface area contributed by atoms with Crippen LogP contribution >= 0.6 is 15.9 Å². The van der Waals surface area contributed by atoms with E-state index >= 15 is 0 Å². The van der Waals surface area contributed by atoms with E-state index in [9.17, 15) is 4.79 Å². The molecule has 0 unspecified atom stereocenters. The number of carbonyl (C=O) groups is 1. The maximum absolute atomic E-state index is 11.8. The number of fused-ring (bicyclic) bond motifs is 1. The summed E-state index contributed by atoms with van der Waals surface area (Å²) in [6.45, 7) is 6.70. The van der Waals surface area contributed by atoms with Crippen molar-refractivity contribution in [2.75, 3.05) is 18.0 Å². The molecule has 1 aromatic heterocycles. The van der Waals surface area contributed by atoms with Crippen LogP contribution in [0.4, 0.5) is 5.82 Å². The number of hydrogen-bond donors (Lipinski definition) is 0. The number of pyridine rings is 1. The number of anilines is 1. The Bertz CT molecular complexity index is 469. The number of halogens is 1. The zero-order valence-corrected chi connectivity index (χ0v) is 12.5. The van der Waals surface area contributed by atoms with Gasteiger partial charge < -0.3 is 9.64 Å². The molecule has 0 spiro atoms. The SMILES string of the molecule is CC(C)(C)OC(=O)CN1CCc2cc(Br)cnc21. The van der Waals surface area contributed by atoms with Crippen molar-refractivity contribution in [1.82, 2.24) is 4.98 Å². The molecule has 18 heavy (non-hydrogen) atoms. The van der Waals surface area contributed by atoms with Crippen LogP contribution < -0.4 is 4.90 Å². The Morgan fingerprint density at radius 2 is 2.28 bits per heavy atom. The largest absolute Gasteiger partial charge is 0.459 e. The smallest absolute Gasteiger partial charge is 0.326 e. The standard InChI is InChI=1S/C13H17BrN2O2/c1-13(2,3)18-11(17)8-16-5-4-9-6-10(14)7-15-12(9)16/h6-7H,4-5,8H2,1-3H3. The molecule has 0 saturated heterocycles. The number of rotatable bonds is 2. The van der Waals surface area contributed by atoms with Gasteiger partial charge in [0.15, 0.2) is 0 Å². The van der Waals surface area contributed by atoms with Gasteiger partial charge in [0.05, 0.1) is 0 Å². The van der Waals surface area contributed by atoms with Crippen LogP contribution in [0.1, 0.15) is 26.3 Å². The summed E-state index contributed by atoms with van der Waals surface area (Å²) in [7, 11) is 0. The number of hydrogen-bond acceptors (Lipinski definition) is 4. The zero-order chi connectivity index (χ0) is 13.3. The maximum Gasteiger partial charge on any atom is 0.326 e. The number of aromatic nitrogens is 1. The minimum absolute atomic E-state index is 0.208. The molecule has 0 amide bonds. The minimum Gasteiger partial charge on any atom is -0.459 e. The van der Waals surface area contributed by atoms with Crippen LogP contribution in [0.5, 0.6) is 0 Å². The Hall–Kier alpha value is -1.10. The summed E-state index contributed by atoms with van der Waals surface area (Å²) in [4.78, 5) is 18.1. The van der Waals surface area contributed by atoms with E-state index in [1.54, 1.807) is 6.20 Å². The molecule has 2 heterocycles. The van der Waals surface area contributed by atoms with E-state index in [4.69, 9.17) is 4.74 Å². The molecule has 0 aromatic carbocycles. The van der Waals surface area contributed by atoms with E-state index in [1.165, 1.54) is 5.56 Å². The third kappa shape index (κ3) is 3.22. The monoisotopic (exact) mass is 312 g/mol. The average molecular weight is 313 g/mol. The first-order valence-corrected chi connectivity index (χ1v) is 6.76. The molecule has 2 rings (SSSR count). The summed E-state index contributed by atoms with van der Waals surface area (Å²) in [6, 6.07) is 2.05. The molecule has 0 atom stereocenters. The highest BCUT2D eigenvalue weighted by Gasteiger charge is 2.25. The van der Waals surface area contributed by atoms with Gasteiger partial charge in [0.2, 0.25) is 0 Å². The van der Waals surface area contributed by atoms with Crippen LogP contribution in [0.25, 0.3) is 0 Å². The van der Waals surface area contributed by atoms with Crippen LogP contribution in [-0.4, -0.2) is 29.6 Å². The fourth-order valence-corrected chi connectivity index (χ4v) is 2.37. The molecular weight excluding hydrogens is 296 g/mol. The maximum atomic E-state index is 11.8. The molecule has 98 valence electrons. The molecule has 5 heteroatoms. The summed E-state index contributed by atoms with van der Waals surface area (Å²) in [5, 5.41) is 0. The normalized spacial score (nSPS) is 14.6. The first-order valence-electron chi connectivity index (χ1n) is 5.96. The third-order valence-corrected chi connectivity index (χ3v) is 3.03. The lowest BCUT2D eigenvalue weighted by atomic mass is 10.2. The Morgan fingerprint density at radius 3 is 2.94 bits per heavy atom. The van der Waals surface area contributed by atoms with Crippen molar-refractivity contribution in [2.45, 2.75) is 32.8 Å². The first-order chi connectivity index (χ1) is 8.35. The number of nitrogens with zero attached hydrogens (tertiary/aromatic N) is 2. The Morgan fingerprint density at radius 1 is 1.56 bits per heavy atom. The molecular formula is C13H17BrN2O2. The Balaban J connectivity index is 2.04. The van der Waals surface area contributed by atoms with E-state index in [1.807, 2.05) is 25.7 Å². The lowest BCUT2D eigenvalue weighted by molar-refractivity contribution is -0.152. The van der Waals surface area contributed by atoms with Gasteiger partial charge in [-0.25, -0.2) is 4.98 Å². The fourth-order valence-electron chi connectivity index (χ4n) is 1.99. The van der Waals surface area contributed by atoms with Gasteiger partial charge in [0.25, 0.3) is 0 Å². The van der Waals surface area contributed by atoms with Crippen LogP contribution in [0, 0.1) is 0 Å².